The summed E-state index contributed by atoms with van der Waals surface area (Å²) < 4.78 is 0. The molecule has 0 aliphatic carbocycles. The van der Waals surface area contributed by atoms with Crippen molar-refractivity contribution >= 4 is 0 Å². The van der Waals surface area contributed by atoms with E-state index in [1.807, 2.05) is 0 Å². The number of nitrogens with one attached hydrogen (secondary N) is 1. The average molecular weight is 152 g/mol. The molecule has 1 rings (SSSR count). The van der Waals surface area contributed by atoms with Crippen LogP contribution in [0, 0.1) is 0 Å². The normalized spacial score (nSPS) is 18.4. The SMILES string of the molecule is C=C1NCN(C(C)C)C=C1C. The Balaban J connectivity index is 2.69. The quantitative estimate of drug-likeness (QED) is 0.615. The molecule has 11 heavy (non-hydrogen) atoms. The molecule has 0 radical (unpaired) electrons. The van der Waals surface area contributed by atoms with E-state index in [1.54, 1.807) is 0 Å². The van der Waals surface area contributed by atoms with E-state index < -0.39 is 0 Å². The Bertz CT molecular complexity index is 192. The summed E-state index contributed by atoms with van der Waals surface area (Å²) >= 11 is 0. The third-order valence-corrected chi connectivity index (χ3v) is 1.97. The van der Waals surface area contributed by atoms with Crippen LogP contribution in [0.4, 0.5) is 0 Å². The standard InChI is InChI=1S/C9H16N2/c1-7(2)11-5-8(3)9(4)10-6-11/h5,7,10H,4,6H2,1-3H3. The minimum atomic E-state index is 0.561. The van der Waals surface area contributed by atoms with Gasteiger partial charge in [-0.3, -0.25) is 0 Å². The molecule has 2 heteroatoms. The highest BCUT2D eigenvalue weighted by Crippen LogP contribution is 2.12. The van der Waals surface area contributed by atoms with Crippen molar-refractivity contribution in [1.29, 1.82) is 0 Å². The molecule has 0 aromatic carbocycles. The number of nitrogens with zero attached hydrogens (tertiary/aromatic N) is 1. The summed E-state index contributed by atoms with van der Waals surface area (Å²) in [6, 6.07) is 0.561. The van der Waals surface area contributed by atoms with Crippen LogP contribution in [0.25, 0.3) is 0 Å². The fraction of sp³-hybridized carbons (Fsp3) is 0.556. The number of allylic oxidation sites excluding steroid dienone is 1. The summed E-state index contributed by atoms with van der Waals surface area (Å²) in [5, 5.41) is 3.23. The Kier molecular flexibility index (Phi) is 2.22. The lowest BCUT2D eigenvalue weighted by atomic mass is 10.2. The molecule has 62 valence electrons. The van der Waals surface area contributed by atoms with Crippen LogP contribution in [0.2, 0.25) is 0 Å². The number of rotatable bonds is 1. The minimum absolute atomic E-state index is 0.561. The Morgan fingerprint density at radius 1 is 1.64 bits per heavy atom. The molecule has 1 aliphatic heterocycles. The Labute approximate surface area is 68.6 Å². The van der Waals surface area contributed by atoms with Crippen LogP contribution in [-0.2, 0) is 0 Å². The molecule has 0 saturated carbocycles. The van der Waals surface area contributed by atoms with E-state index in [2.05, 4.69) is 43.8 Å². The highest BCUT2D eigenvalue weighted by Gasteiger charge is 2.10. The topological polar surface area (TPSA) is 15.3 Å². The highest BCUT2D eigenvalue weighted by atomic mass is 15.2. The molecular formula is C9H16N2. The minimum Gasteiger partial charge on any atom is -0.368 e. The van der Waals surface area contributed by atoms with E-state index in [1.165, 1.54) is 5.57 Å². The number of hydrogen-bond donors (Lipinski definition) is 1. The summed E-state index contributed by atoms with van der Waals surface area (Å²) in [6.07, 6.45) is 2.16. The Morgan fingerprint density at radius 2 is 2.27 bits per heavy atom. The van der Waals surface area contributed by atoms with Gasteiger partial charge in [0.05, 0.1) is 6.67 Å². The van der Waals surface area contributed by atoms with Gasteiger partial charge in [0.15, 0.2) is 0 Å². The third kappa shape index (κ3) is 1.76. The van der Waals surface area contributed by atoms with Gasteiger partial charge < -0.3 is 10.2 Å². The molecular weight excluding hydrogens is 136 g/mol. The molecule has 1 N–H and O–H groups in total. The predicted molar refractivity (Wildman–Crippen MR) is 47.9 cm³/mol. The van der Waals surface area contributed by atoms with Gasteiger partial charge in [-0.25, -0.2) is 0 Å². The van der Waals surface area contributed by atoms with Gasteiger partial charge in [0, 0.05) is 17.9 Å². The lowest BCUT2D eigenvalue weighted by molar-refractivity contribution is 0.286. The van der Waals surface area contributed by atoms with Crippen LogP contribution >= 0.6 is 0 Å². The summed E-state index contributed by atoms with van der Waals surface area (Å²) in [4.78, 5) is 2.25. The highest BCUT2D eigenvalue weighted by molar-refractivity contribution is 5.26. The zero-order chi connectivity index (χ0) is 8.43. The van der Waals surface area contributed by atoms with Crippen molar-refractivity contribution in [2.75, 3.05) is 6.67 Å². The molecule has 0 atom stereocenters. The van der Waals surface area contributed by atoms with E-state index in [0.717, 1.165) is 12.4 Å². The van der Waals surface area contributed by atoms with E-state index >= 15 is 0 Å². The van der Waals surface area contributed by atoms with Crippen LogP contribution in [0.5, 0.6) is 0 Å². The van der Waals surface area contributed by atoms with Crippen molar-refractivity contribution < 1.29 is 0 Å². The molecule has 1 heterocycles. The first-order valence-electron chi connectivity index (χ1n) is 3.98. The first-order chi connectivity index (χ1) is 5.11. The van der Waals surface area contributed by atoms with Crippen molar-refractivity contribution in [2.24, 2.45) is 0 Å². The fourth-order valence-electron chi connectivity index (χ4n) is 1.03. The van der Waals surface area contributed by atoms with Gasteiger partial charge in [-0.05, 0) is 26.3 Å². The second kappa shape index (κ2) is 2.99. The second-order valence-electron chi connectivity index (χ2n) is 3.23. The van der Waals surface area contributed by atoms with Crippen molar-refractivity contribution in [3.8, 4) is 0 Å². The maximum absolute atomic E-state index is 3.88. The van der Waals surface area contributed by atoms with Gasteiger partial charge >= 0.3 is 0 Å². The first-order valence-corrected chi connectivity index (χ1v) is 3.98. The van der Waals surface area contributed by atoms with Crippen LogP contribution in [0.1, 0.15) is 20.8 Å². The Morgan fingerprint density at radius 3 is 2.73 bits per heavy atom. The van der Waals surface area contributed by atoms with Gasteiger partial charge in [-0.1, -0.05) is 6.58 Å². The molecule has 0 fully saturated rings. The van der Waals surface area contributed by atoms with E-state index in [0.29, 0.717) is 6.04 Å². The third-order valence-electron chi connectivity index (χ3n) is 1.97. The second-order valence-corrected chi connectivity index (χ2v) is 3.23. The van der Waals surface area contributed by atoms with E-state index in [4.69, 9.17) is 0 Å². The van der Waals surface area contributed by atoms with Crippen molar-refractivity contribution in [2.45, 2.75) is 26.8 Å². The van der Waals surface area contributed by atoms with Crippen molar-refractivity contribution in [3.63, 3.8) is 0 Å². The van der Waals surface area contributed by atoms with Crippen molar-refractivity contribution in [1.82, 2.24) is 10.2 Å². The van der Waals surface area contributed by atoms with E-state index in [9.17, 15) is 0 Å². The van der Waals surface area contributed by atoms with Crippen molar-refractivity contribution in [3.05, 3.63) is 24.0 Å². The fourth-order valence-corrected chi connectivity index (χ4v) is 1.03. The Hall–Kier alpha value is -0.920. The zero-order valence-corrected chi connectivity index (χ0v) is 7.52. The summed E-state index contributed by atoms with van der Waals surface area (Å²) in [5.41, 5.74) is 2.27. The van der Waals surface area contributed by atoms with Gasteiger partial charge in [0.2, 0.25) is 0 Å². The molecule has 0 aromatic heterocycles. The largest absolute Gasteiger partial charge is 0.368 e. The maximum atomic E-state index is 3.88. The first kappa shape index (κ1) is 8.18. The molecule has 0 spiro atoms. The van der Waals surface area contributed by atoms with Gasteiger partial charge in [-0.15, -0.1) is 0 Å². The van der Waals surface area contributed by atoms with E-state index in [-0.39, 0.29) is 0 Å². The van der Waals surface area contributed by atoms with Gasteiger partial charge in [0.25, 0.3) is 0 Å². The molecule has 1 aliphatic rings. The molecule has 2 nitrogen and oxygen atoms in total. The zero-order valence-electron chi connectivity index (χ0n) is 7.52. The van der Waals surface area contributed by atoms with Gasteiger partial charge in [-0.2, -0.15) is 0 Å². The molecule has 0 amide bonds. The van der Waals surface area contributed by atoms with Crippen LogP contribution < -0.4 is 5.32 Å². The lowest BCUT2D eigenvalue weighted by Gasteiger charge is -2.31. The predicted octanol–water partition coefficient (Wildman–Crippen LogP) is 1.68. The van der Waals surface area contributed by atoms with Crippen LogP contribution in [-0.4, -0.2) is 17.6 Å². The van der Waals surface area contributed by atoms with Crippen LogP contribution in [0.3, 0.4) is 0 Å². The lowest BCUT2D eigenvalue weighted by Crippen LogP contribution is -2.38. The monoisotopic (exact) mass is 152 g/mol. The van der Waals surface area contributed by atoms with Gasteiger partial charge in [0.1, 0.15) is 0 Å². The molecule has 0 bridgehead atoms. The summed E-state index contributed by atoms with van der Waals surface area (Å²) in [5.74, 6) is 0. The molecule has 0 unspecified atom stereocenters. The molecule has 0 aromatic rings. The average Bonchev–Trinajstić information content (AvgIpc) is 1.94. The smallest absolute Gasteiger partial charge is 0.0873 e. The molecule has 0 saturated heterocycles. The summed E-state index contributed by atoms with van der Waals surface area (Å²) in [6.45, 7) is 11.2. The maximum Gasteiger partial charge on any atom is 0.0873 e. The summed E-state index contributed by atoms with van der Waals surface area (Å²) in [7, 11) is 0. The number of hydrogen-bond acceptors (Lipinski definition) is 2. The van der Waals surface area contributed by atoms with Crippen LogP contribution in [0.15, 0.2) is 24.0 Å².